The number of fused-ring (bicyclic) bond motifs is 2. The van der Waals surface area contributed by atoms with Crippen molar-refractivity contribution >= 4 is 27.5 Å². The highest BCUT2D eigenvalue weighted by Gasteiger charge is 2.23. The van der Waals surface area contributed by atoms with Crippen LogP contribution in [0.2, 0.25) is 0 Å². The van der Waals surface area contributed by atoms with Crippen LogP contribution in [0.1, 0.15) is 26.5 Å². The minimum atomic E-state index is -0.0511. The Hall–Kier alpha value is -3.12. The van der Waals surface area contributed by atoms with Gasteiger partial charge in [0, 0.05) is 5.39 Å². The van der Waals surface area contributed by atoms with Crippen molar-refractivity contribution in [3.63, 3.8) is 0 Å². The summed E-state index contributed by atoms with van der Waals surface area (Å²) in [6, 6.07) is 20.2. The Morgan fingerprint density at radius 2 is 2.00 bits per heavy atom. The normalized spacial score (nSPS) is 15.7. The van der Waals surface area contributed by atoms with Crippen molar-refractivity contribution in [1.29, 1.82) is 0 Å². The summed E-state index contributed by atoms with van der Waals surface area (Å²) < 4.78 is 7.78. The van der Waals surface area contributed by atoms with Crippen molar-refractivity contribution in [3.05, 3.63) is 82.4 Å². The molecule has 0 radical (unpaired) electrons. The predicted molar refractivity (Wildman–Crippen MR) is 115 cm³/mol. The highest BCUT2D eigenvalue weighted by atomic mass is 32.1. The van der Waals surface area contributed by atoms with Gasteiger partial charge in [-0.3, -0.25) is 9.48 Å². The van der Waals surface area contributed by atoms with Crippen LogP contribution in [0.25, 0.3) is 10.2 Å². The van der Waals surface area contributed by atoms with Crippen molar-refractivity contribution < 1.29 is 9.53 Å². The lowest BCUT2D eigenvalue weighted by Gasteiger charge is -2.25. The standard InChI is InChI=1S/C23H21N3O2S/c1-15-19-12-21(29-23(19)26(25-15)13-16-7-3-2-4-8-16)22(27)24-18-11-17-9-5-6-10-20(17)28-14-18/h2-10,12,18H,11,13-14H2,1H3,(H,24,27)/t18-/m0/s1. The molecular formula is C23H21N3O2S. The van der Waals surface area contributed by atoms with E-state index in [1.54, 1.807) is 0 Å². The number of amides is 1. The molecule has 1 aliphatic rings. The zero-order valence-electron chi connectivity index (χ0n) is 16.1. The average Bonchev–Trinajstić information content (AvgIpc) is 3.30. The fourth-order valence-electron chi connectivity index (χ4n) is 3.77. The van der Waals surface area contributed by atoms with Gasteiger partial charge < -0.3 is 10.1 Å². The molecule has 5 rings (SSSR count). The molecule has 0 spiro atoms. The maximum absolute atomic E-state index is 12.9. The fraction of sp³-hybridized carbons (Fsp3) is 0.217. The van der Waals surface area contributed by atoms with E-state index in [4.69, 9.17) is 4.74 Å². The number of hydrogen-bond acceptors (Lipinski definition) is 4. The van der Waals surface area contributed by atoms with Crippen molar-refractivity contribution in [2.75, 3.05) is 6.61 Å². The largest absolute Gasteiger partial charge is 0.491 e. The number of thiophene rings is 1. The van der Waals surface area contributed by atoms with E-state index in [2.05, 4.69) is 28.6 Å². The first-order valence-corrected chi connectivity index (χ1v) is 10.5. The predicted octanol–water partition coefficient (Wildman–Crippen LogP) is 4.19. The summed E-state index contributed by atoms with van der Waals surface area (Å²) in [6.45, 7) is 3.18. The summed E-state index contributed by atoms with van der Waals surface area (Å²) in [5.41, 5.74) is 3.27. The van der Waals surface area contributed by atoms with Gasteiger partial charge in [0.25, 0.3) is 5.91 Å². The number of benzene rings is 2. The monoisotopic (exact) mass is 403 g/mol. The van der Waals surface area contributed by atoms with Crippen LogP contribution in [-0.4, -0.2) is 28.3 Å². The van der Waals surface area contributed by atoms with Crippen molar-refractivity contribution in [2.45, 2.75) is 25.9 Å². The van der Waals surface area contributed by atoms with E-state index in [1.807, 2.05) is 54.1 Å². The molecule has 0 unspecified atom stereocenters. The molecule has 29 heavy (non-hydrogen) atoms. The third kappa shape index (κ3) is 3.51. The summed E-state index contributed by atoms with van der Waals surface area (Å²) in [5.74, 6) is 0.862. The van der Waals surface area contributed by atoms with Gasteiger partial charge in [-0.15, -0.1) is 11.3 Å². The van der Waals surface area contributed by atoms with Crippen molar-refractivity contribution in [1.82, 2.24) is 15.1 Å². The van der Waals surface area contributed by atoms with Crippen LogP contribution in [0, 0.1) is 6.92 Å². The minimum Gasteiger partial charge on any atom is -0.491 e. The van der Waals surface area contributed by atoms with E-state index in [0.717, 1.165) is 33.6 Å². The highest BCUT2D eigenvalue weighted by molar-refractivity contribution is 7.20. The fourth-order valence-corrected chi connectivity index (χ4v) is 4.83. The molecule has 1 N–H and O–H groups in total. The Morgan fingerprint density at radius 3 is 2.86 bits per heavy atom. The number of carbonyl (C=O) groups is 1. The maximum Gasteiger partial charge on any atom is 0.261 e. The highest BCUT2D eigenvalue weighted by Crippen LogP contribution is 2.29. The number of rotatable bonds is 4. The van der Waals surface area contributed by atoms with Crippen LogP contribution in [0.5, 0.6) is 5.75 Å². The summed E-state index contributed by atoms with van der Waals surface area (Å²) in [4.78, 5) is 14.6. The Balaban J connectivity index is 1.35. The van der Waals surface area contributed by atoms with E-state index in [-0.39, 0.29) is 11.9 Å². The number of aromatic nitrogens is 2. The van der Waals surface area contributed by atoms with Gasteiger partial charge in [-0.25, -0.2) is 0 Å². The second kappa shape index (κ2) is 7.37. The number of para-hydroxylation sites is 1. The third-order valence-corrected chi connectivity index (χ3v) is 6.37. The van der Waals surface area contributed by atoms with Gasteiger partial charge in [-0.05, 0) is 36.6 Å². The van der Waals surface area contributed by atoms with Gasteiger partial charge in [-0.1, -0.05) is 48.5 Å². The molecule has 5 nitrogen and oxygen atoms in total. The topological polar surface area (TPSA) is 56.2 Å². The molecule has 2 aromatic heterocycles. The van der Waals surface area contributed by atoms with Crippen LogP contribution in [0.4, 0.5) is 0 Å². The number of carbonyl (C=O) groups excluding carboxylic acids is 1. The Labute approximate surface area is 172 Å². The zero-order chi connectivity index (χ0) is 19.8. The first-order valence-electron chi connectivity index (χ1n) is 9.70. The molecule has 1 atom stereocenters. The van der Waals surface area contributed by atoms with Gasteiger partial charge in [0.1, 0.15) is 17.2 Å². The lowest BCUT2D eigenvalue weighted by atomic mass is 10.0. The summed E-state index contributed by atoms with van der Waals surface area (Å²) in [7, 11) is 0. The molecular weight excluding hydrogens is 382 g/mol. The Morgan fingerprint density at radius 1 is 1.21 bits per heavy atom. The van der Waals surface area contributed by atoms with Gasteiger partial charge in [0.15, 0.2) is 0 Å². The molecule has 1 amide bonds. The second-order valence-electron chi connectivity index (χ2n) is 7.35. The lowest BCUT2D eigenvalue weighted by molar-refractivity contribution is 0.0919. The van der Waals surface area contributed by atoms with Gasteiger partial charge in [-0.2, -0.15) is 5.10 Å². The van der Waals surface area contributed by atoms with E-state index in [1.165, 1.54) is 16.9 Å². The number of aryl methyl sites for hydroxylation is 1. The van der Waals surface area contributed by atoms with E-state index < -0.39 is 0 Å². The molecule has 4 aromatic rings. The molecule has 0 aliphatic carbocycles. The zero-order valence-corrected chi connectivity index (χ0v) is 16.9. The van der Waals surface area contributed by atoms with Crippen molar-refractivity contribution in [3.8, 4) is 5.75 Å². The van der Waals surface area contributed by atoms with Crippen molar-refractivity contribution in [2.24, 2.45) is 0 Å². The average molecular weight is 404 g/mol. The molecule has 3 heterocycles. The lowest BCUT2D eigenvalue weighted by Crippen LogP contribution is -2.42. The molecule has 0 bridgehead atoms. The number of nitrogens with zero attached hydrogens (tertiary/aromatic N) is 2. The molecule has 6 heteroatoms. The number of ether oxygens (including phenoxy) is 1. The molecule has 2 aromatic carbocycles. The molecule has 0 saturated carbocycles. The molecule has 146 valence electrons. The van der Waals surface area contributed by atoms with Gasteiger partial charge >= 0.3 is 0 Å². The van der Waals surface area contributed by atoms with Gasteiger partial charge in [0.2, 0.25) is 0 Å². The third-order valence-electron chi connectivity index (χ3n) is 5.22. The quantitative estimate of drug-likeness (QED) is 0.556. The summed E-state index contributed by atoms with van der Waals surface area (Å²) >= 11 is 1.49. The van der Waals surface area contributed by atoms with E-state index in [0.29, 0.717) is 18.0 Å². The number of nitrogens with one attached hydrogen (secondary N) is 1. The first kappa shape index (κ1) is 17.9. The summed E-state index contributed by atoms with van der Waals surface area (Å²) in [5, 5.41) is 8.84. The minimum absolute atomic E-state index is 0.0236. The van der Waals surface area contributed by atoms with Crippen LogP contribution in [0.15, 0.2) is 60.7 Å². The van der Waals surface area contributed by atoms with E-state index >= 15 is 0 Å². The van der Waals surface area contributed by atoms with Crippen LogP contribution < -0.4 is 10.1 Å². The summed E-state index contributed by atoms with van der Waals surface area (Å²) in [6.07, 6.45) is 0.785. The molecule has 0 saturated heterocycles. The van der Waals surface area contributed by atoms with Crippen LogP contribution in [0.3, 0.4) is 0 Å². The molecule has 1 aliphatic heterocycles. The SMILES string of the molecule is Cc1nn(Cc2ccccc2)c2sc(C(=O)N[C@@H]3COc4ccccc4C3)cc12. The molecule has 0 fully saturated rings. The first-order chi connectivity index (χ1) is 14.2. The van der Waals surface area contributed by atoms with Crippen LogP contribution >= 0.6 is 11.3 Å². The van der Waals surface area contributed by atoms with Crippen LogP contribution in [-0.2, 0) is 13.0 Å². The smallest absolute Gasteiger partial charge is 0.261 e. The second-order valence-corrected chi connectivity index (χ2v) is 8.38. The Kier molecular flexibility index (Phi) is 4.56. The number of hydrogen-bond donors (Lipinski definition) is 1. The maximum atomic E-state index is 12.9. The van der Waals surface area contributed by atoms with Gasteiger partial charge in [0.05, 0.1) is 23.2 Å². The van der Waals surface area contributed by atoms with E-state index in [9.17, 15) is 4.79 Å². The Bertz CT molecular complexity index is 1180.